The van der Waals surface area contributed by atoms with E-state index in [2.05, 4.69) is 56.2 Å². The second kappa shape index (κ2) is 7.85. The van der Waals surface area contributed by atoms with Gasteiger partial charge in [0, 0.05) is 36.8 Å². The Morgan fingerprint density at radius 3 is 2.74 bits per heavy atom. The molecule has 1 aromatic carbocycles. The van der Waals surface area contributed by atoms with Crippen molar-refractivity contribution in [3.05, 3.63) is 47.7 Å². The zero-order valence-electron chi connectivity index (χ0n) is 16.4. The lowest BCUT2D eigenvalue weighted by Crippen LogP contribution is -2.45. The van der Waals surface area contributed by atoms with Gasteiger partial charge in [0.2, 0.25) is 5.95 Å². The van der Waals surface area contributed by atoms with E-state index in [1.165, 1.54) is 57.3 Å². The van der Waals surface area contributed by atoms with Gasteiger partial charge < -0.3 is 15.5 Å². The first-order valence-electron chi connectivity index (χ1n) is 10.2. The summed E-state index contributed by atoms with van der Waals surface area (Å²) in [6, 6.07) is 12.9. The molecule has 1 atom stereocenters. The Bertz CT molecular complexity index is 742. The fourth-order valence-corrected chi connectivity index (χ4v) is 4.85. The van der Waals surface area contributed by atoms with Crippen LogP contribution in [0.4, 0.5) is 11.8 Å². The van der Waals surface area contributed by atoms with Crippen molar-refractivity contribution in [3.63, 3.8) is 0 Å². The van der Waals surface area contributed by atoms with Crippen LogP contribution in [0.2, 0.25) is 0 Å². The van der Waals surface area contributed by atoms with Gasteiger partial charge in [0.25, 0.3) is 0 Å². The zero-order chi connectivity index (χ0) is 18.7. The molecule has 0 amide bonds. The molecule has 0 radical (unpaired) electrons. The van der Waals surface area contributed by atoms with Crippen molar-refractivity contribution < 1.29 is 0 Å². The van der Waals surface area contributed by atoms with E-state index in [1.54, 1.807) is 0 Å². The van der Waals surface area contributed by atoms with Crippen LogP contribution in [0.5, 0.6) is 0 Å². The number of nitrogen functional groups attached to an aromatic ring is 1. The van der Waals surface area contributed by atoms with Crippen LogP contribution in [0.25, 0.3) is 0 Å². The van der Waals surface area contributed by atoms with Gasteiger partial charge in [-0.2, -0.15) is 4.98 Å². The normalized spacial score (nSPS) is 23.2. The minimum absolute atomic E-state index is 0.386. The van der Waals surface area contributed by atoms with Crippen LogP contribution in [0, 0.1) is 12.3 Å². The van der Waals surface area contributed by atoms with Crippen LogP contribution in [0.15, 0.2) is 36.4 Å². The van der Waals surface area contributed by atoms with E-state index in [0.717, 1.165) is 24.6 Å². The molecule has 0 bridgehead atoms. The average Bonchev–Trinajstić information content (AvgIpc) is 3.05. The van der Waals surface area contributed by atoms with Crippen molar-refractivity contribution in [1.29, 1.82) is 0 Å². The first-order valence-corrected chi connectivity index (χ1v) is 10.2. The molecule has 0 aliphatic carbocycles. The molecule has 3 heterocycles. The van der Waals surface area contributed by atoms with E-state index in [4.69, 9.17) is 5.73 Å². The van der Waals surface area contributed by atoms with Crippen molar-refractivity contribution in [3.8, 4) is 0 Å². The Balaban J connectivity index is 1.33. The number of anilines is 2. The molecule has 27 heavy (non-hydrogen) atoms. The van der Waals surface area contributed by atoms with E-state index in [-0.39, 0.29) is 0 Å². The Hall–Kier alpha value is -2.14. The summed E-state index contributed by atoms with van der Waals surface area (Å²) in [6.07, 6.45) is 6.31. The van der Waals surface area contributed by atoms with Gasteiger partial charge >= 0.3 is 0 Å². The van der Waals surface area contributed by atoms with Gasteiger partial charge in [0.05, 0.1) is 0 Å². The molecule has 5 nitrogen and oxygen atoms in total. The Morgan fingerprint density at radius 1 is 1.07 bits per heavy atom. The number of aryl methyl sites for hydroxylation is 2. The van der Waals surface area contributed by atoms with Crippen LogP contribution >= 0.6 is 0 Å². The van der Waals surface area contributed by atoms with Crippen LogP contribution < -0.4 is 10.6 Å². The molecule has 2 aliphatic heterocycles. The summed E-state index contributed by atoms with van der Waals surface area (Å²) in [5, 5.41) is 0. The zero-order valence-corrected chi connectivity index (χ0v) is 16.4. The highest BCUT2D eigenvalue weighted by Gasteiger charge is 2.41. The highest BCUT2D eigenvalue weighted by Crippen LogP contribution is 2.40. The minimum Gasteiger partial charge on any atom is -0.368 e. The monoisotopic (exact) mass is 365 g/mol. The highest BCUT2D eigenvalue weighted by atomic mass is 15.3. The molecule has 5 heteroatoms. The number of nitrogens with two attached hydrogens (primary N) is 1. The van der Waals surface area contributed by atoms with E-state index < -0.39 is 0 Å². The van der Waals surface area contributed by atoms with Gasteiger partial charge in [-0.25, -0.2) is 4.98 Å². The third-order valence-electron chi connectivity index (χ3n) is 6.14. The summed E-state index contributed by atoms with van der Waals surface area (Å²) in [5.74, 6) is 1.38. The van der Waals surface area contributed by atoms with Crippen LogP contribution in [-0.4, -0.2) is 47.6 Å². The Morgan fingerprint density at radius 2 is 1.93 bits per heavy atom. The second-order valence-corrected chi connectivity index (χ2v) is 8.37. The number of piperidine rings is 1. The molecule has 2 aromatic rings. The number of aromatic nitrogens is 2. The van der Waals surface area contributed by atoms with E-state index >= 15 is 0 Å². The molecule has 1 spiro atoms. The first kappa shape index (κ1) is 18.2. The fourth-order valence-electron chi connectivity index (χ4n) is 4.85. The quantitative estimate of drug-likeness (QED) is 0.881. The number of hydrogen-bond donors (Lipinski definition) is 1. The molecule has 2 aliphatic rings. The number of rotatable bonds is 5. The van der Waals surface area contributed by atoms with Crippen molar-refractivity contribution in [1.82, 2.24) is 14.9 Å². The topological polar surface area (TPSA) is 58.3 Å². The number of nitrogens with zero attached hydrogens (tertiary/aromatic N) is 4. The number of benzene rings is 1. The summed E-state index contributed by atoms with van der Waals surface area (Å²) < 4.78 is 0. The maximum Gasteiger partial charge on any atom is 0.222 e. The van der Waals surface area contributed by atoms with Gasteiger partial charge in [0.1, 0.15) is 5.82 Å². The lowest BCUT2D eigenvalue weighted by Gasteiger charge is -2.40. The fraction of sp³-hybridized carbons (Fsp3) is 0.545. The summed E-state index contributed by atoms with van der Waals surface area (Å²) >= 11 is 0. The molecule has 4 rings (SSSR count). The summed E-state index contributed by atoms with van der Waals surface area (Å²) in [4.78, 5) is 13.8. The van der Waals surface area contributed by atoms with Gasteiger partial charge in [-0.15, -0.1) is 0 Å². The molecule has 2 fully saturated rings. The van der Waals surface area contributed by atoms with Crippen molar-refractivity contribution in [2.24, 2.45) is 5.41 Å². The van der Waals surface area contributed by atoms with Crippen molar-refractivity contribution >= 4 is 11.8 Å². The highest BCUT2D eigenvalue weighted by molar-refractivity contribution is 5.45. The first-order chi connectivity index (χ1) is 13.1. The van der Waals surface area contributed by atoms with E-state index in [1.807, 2.05) is 6.92 Å². The second-order valence-electron chi connectivity index (χ2n) is 8.37. The maximum atomic E-state index is 5.86. The number of hydrogen-bond acceptors (Lipinski definition) is 5. The van der Waals surface area contributed by atoms with Crippen molar-refractivity contribution in [2.45, 2.75) is 39.0 Å². The lowest BCUT2D eigenvalue weighted by atomic mass is 9.79. The third kappa shape index (κ3) is 4.41. The average molecular weight is 366 g/mol. The smallest absolute Gasteiger partial charge is 0.222 e. The summed E-state index contributed by atoms with van der Waals surface area (Å²) in [7, 11) is 0. The molecule has 2 saturated heterocycles. The molecule has 0 saturated carbocycles. The summed E-state index contributed by atoms with van der Waals surface area (Å²) in [5.41, 5.74) is 8.68. The Kier molecular flexibility index (Phi) is 5.30. The molecule has 144 valence electrons. The third-order valence-corrected chi connectivity index (χ3v) is 6.14. The van der Waals surface area contributed by atoms with Gasteiger partial charge in [-0.1, -0.05) is 30.3 Å². The predicted octanol–water partition coefficient (Wildman–Crippen LogP) is 3.29. The molecular weight excluding hydrogens is 334 g/mol. The lowest BCUT2D eigenvalue weighted by molar-refractivity contribution is 0.104. The van der Waals surface area contributed by atoms with Crippen LogP contribution in [0.3, 0.4) is 0 Å². The predicted molar refractivity (Wildman–Crippen MR) is 111 cm³/mol. The van der Waals surface area contributed by atoms with E-state index in [9.17, 15) is 0 Å². The molecular formula is C22H31N5. The van der Waals surface area contributed by atoms with Gasteiger partial charge in [0.15, 0.2) is 0 Å². The maximum absolute atomic E-state index is 5.86. The van der Waals surface area contributed by atoms with Gasteiger partial charge in [-0.3, -0.25) is 0 Å². The molecule has 2 N–H and O–H groups in total. The van der Waals surface area contributed by atoms with Gasteiger partial charge in [-0.05, 0) is 57.7 Å². The van der Waals surface area contributed by atoms with Crippen molar-refractivity contribution in [2.75, 3.05) is 43.4 Å². The van der Waals surface area contributed by atoms with Crippen LogP contribution in [-0.2, 0) is 6.42 Å². The molecule has 0 unspecified atom stereocenters. The minimum atomic E-state index is 0.386. The largest absolute Gasteiger partial charge is 0.368 e. The molecule has 1 aromatic heterocycles. The standard InChI is InChI=1S/C22H31N5/c1-18-15-20(25-21(23)24-18)27-14-11-22(17-27)10-6-13-26(16-22)12-5-9-19-7-3-2-4-8-19/h2-4,7-8,15H,5-6,9-14,16-17H2,1H3,(H2,23,24,25)/t22-/m1/s1. The van der Waals surface area contributed by atoms with E-state index in [0.29, 0.717) is 11.4 Å². The SMILES string of the molecule is Cc1cc(N2CC[C@@]3(CCCN(CCCc4ccccc4)C3)C2)nc(N)n1. The van der Waals surface area contributed by atoms with Crippen LogP contribution in [0.1, 0.15) is 36.9 Å². The number of likely N-dealkylation sites (tertiary alicyclic amines) is 1. The summed E-state index contributed by atoms with van der Waals surface area (Å²) in [6.45, 7) is 7.83. The Labute approximate surface area is 162 Å².